The van der Waals surface area contributed by atoms with Crippen molar-refractivity contribution in [3.8, 4) is 0 Å². The highest BCUT2D eigenvalue weighted by Crippen LogP contribution is 2.55. The number of nitrogens with zero attached hydrogens (tertiary/aromatic N) is 1. The van der Waals surface area contributed by atoms with Crippen LogP contribution in [0.15, 0.2) is 0 Å². The van der Waals surface area contributed by atoms with Crippen molar-refractivity contribution in [3.63, 3.8) is 0 Å². The second-order valence-electron chi connectivity index (χ2n) is 7.65. The fourth-order valence-corrected chi connectivity index (χ4v) is 6.16. The first-order valence-electron chi connectivity index (χ1n) is 6.69. The molecule has 0 aromatic rings. The lowest BCUT2D eigenvalue weighted by Gasteiger charge is -2.57. The molecule has 0 N–H and O–H groups in total. The summed E-state index contributed by atoms with van der Waals surface area (Å²) in [7, 11) is 1.19. The van der Waals surface area contributed by atoms with Gasteiger partial charge in [-0.05, 0) is 51.4 Å². The van der Waals surface area contributed by atoms with E-state index in [1.54, 1.807) is 0 Å². The Morgan fingerprint density at radius 1 is 1.12 bits per heavy atom. The van der Waals surface area contributed by atoms with Gasteiger partial charge in [-0.1, -0.05) is 20.8 Å². The lowest BCUT2D eigenvalue weighted by molar-refractivity contribution is -0.0396. The third-order valence-electron chi connectivity index (χ3n) is 4.63. The van der Waals surface area contributed by atoms with Gasteiger partial charge in [0, 0.05) is 17.1 Å². The van der Waals surface area contributed by atoms with Crippen molar-refractivity contribution in [1.29, 1.82) is 0 Å². The Hall–Kier alpha value is 0.390. The predicted octanol–water partition coefficient (Wildman–Crippen LogP) is 3.73. The van der Waals surface area contributed by atoms with E-state index in [4.69, 9.17) is 0 Å². The molecule has 0 spiro atoms. The monoisotopic (exact) mass is 241 g/mol. The normalized spacial score (nSPS) is 38.2. The molecule has 0 aromatic carbocycles. The standard InChI is InChI=1S/C14H28NP/c1-12(2,3)14-8-7-11(9-16-10-14)15(14)13(4,5)6/h11,16H,7-10H2,1-6H3. The molecule has 94 valence electrons. The zero-order valence-corrected chi connectivity index (χ0v) is 12.9. The van der Waals surface area contributed by atoms with E-state index in [0.717, 1.165) is 6.04 Å². The van der Waals surface area contributed by atoms with Crippen LogP contribution in [0, 0.1) is 5.41 Å². The van der Waals surface area contributed by atoms with Gasteiger partial charge >= 0.3 is 0 Å². The first-order chi connectivity index (χ1) is 7.18. The van der Waals surface area contributed by atoms with Gasteiger partial charge in [0.25, 0.3) is 0 Å². The maximum absolute atomic E-state index is 2.89. The molecule has 0 aliphatic carbocycles. The quantitative estimate of drug-likeness (QED) is 0.584. The van der Waals surface area contributed by atoms with E-state index in [2.05, 4.69) is 46.4 Å². The summed E-state index contributed by atoms with van der Waals surface area (Å²) in [6.07, 6.45) is 5.74. The highest BCUT2D eigenvalue weighted by Gasteiger charge is 2.57. The van der Waals surface area contributed by atoms with Gasteiger partial charge < -0.3 is 0 Å². The van der Waals surface area contributed by atoms with Crippen molar-refractivity contribution < 1.29 is 0 Å². The van der Waals surface area contributed by atoms with Crippen LogP contribution in [0.25, 0.3) is 0 Å². The Morgan fingerprint density at radius 2 is 1.75 bits per heavy atom. The van der Waals surface area contributed by atoms with E-state index >= 15 is 0 Å². The molecule has 2 aliphatic rings. The molecule has 2 heteroatoms. The molecule has 0 radical (unpaired) electrons. The SMILES string of the molecule is CC(C)(C)N1C2CCC1(C(C)(C)C)CPC2. The van der Waals surface area contributed by atoms with Crippen LogP contribution in [0.5, 0.6) is 0 Å². The maximum atomic E-state index is 2.89. The van der Waals surface area contributed by atoms with Gasteiger partial charge in [0.15, 0.2) is 0 Å². The topological polar surface area (TPSA) is 3.24 Å². The van der Waals surface area contributed by atoms with Crippen LogP contribution in [-0.2, 0) is 0 Å². The zero-order chi connectivity index (χ0) is 12.2. The third-order valence-corrected chi connectivity index (χ3v) is 6.23. The molecule has 2 saturated heterocycles. The van der Waals surface area contributed by atoms with E-state index < -0.39 is 0 Å². The van der Waals surface area contributed by atoms with Gasteiger partial charge in [0.05, 0.1) is 0 Å². The van der Waals surface area contributed by atoms with Gasteiger partial charge in [-0.15, -0.1) is 8.58 Å². The average molecular weight is 241 g/mol. The summed E-state index contributed by atoms with van der Waals surface area (Å²) in [6, 6.07) is 0.867. The Kier molecular flexibility index (Phi) is 2.96. The molecule has 16 heavy (non-hydrogen) atoms. The fraction of sp³-hybridized carbons (Fsp3) is 1.00. The van der Waals surface area contributed by atoms with Crippen molar-refractivity contribution in [2.45, 2.75) is 71.5 Å². The molecule has 3 atom stereocenters. The van der Waals surface area contributed by atoms with Crippen LogP contribution in [0.3, 0.4) is 0 Å². The molecule has 2 bridgehead atoms. The summed E-state index contributed by atoms with van der Waals surface area (Å²) in [4.78, 5) is 2.89. The zero-order valence-electron chi connectivity index (χ0n) is 11.9. The van der Waals surface area contributed by atoms with Gasteiger partial charge in [-0.3, -0.25) is 4.90 Å². The highest BCUT2D eigenvalue weighted by atomic mass is 31.1. The molecule has 3 unspecified atom stereocenters. The smallest absolute Gasteiger partial charge is 0.0303 e. The minimum Gasteiger partial charge on any atom is -0.289 e. The Morgan fingerprint density at radius 3 is 2.19 bits per heavy atom. The average Bonchev–Trinajstić information content (AvgIpc) is 2.34. The molecular weight excluding hydrogens is 213 g/mol. The van der Waals surface area contributed by atoms with E-state index in [0.29, 0.717) is 16.5 Å². The van der Waals surface area contributed by atoms with Crippen LogP contribution in [0.4, 0.5) is 0 Å². The van der Waals surface area contributed by atoms with Crippen molar-refractivity contribution in [2.75, 3.05) is 12.3 Å². The van der Waals surface area contributed by atoms with Crippen LogP contribution in [0.2, 0.25) is 0 Å². The minimum absolute atomic E-state index is 0.333. The number of hydrogen-bond donors (Lipinski definition) is 0. The molecule has 2 heterocycles. The van der Waals surface area contributed by atoms with Crippen LogP contribution >= 0.6 is 8.58 Å². The number of rotatable bonds is 0. The second kappa shape index (κ2) is 3.69. The molecule has 2 aliphatic heterocycles. The van der Waals surface area contributed by atoms with Gasteiger partial charge in [-0.25, -0.2) is 0 Å². The Balaban J connectivity index is 2.42. The van der Waals surface area contributed by atoms with Crippen LogP contribution in [-0.4, -0.2) is 34.3 Å². The predicted molar refractivity (Wildman–Crippen MR) is 74.8 cm³/mol. The minimum atomic E-state index is 0.333. The first kappa shape index (κ1) is 12.8. The second-order valence-corrected chi connectivity index (χ2v) is 8.91. The van der Waals surface area contributed by atoms with E-state index in [1.807, 2.05) is 0 Å². The molecule has 2 rings (SSSR count). The molecule has 2 fully saturated rings. The summed E-state index contributed by atoms with van der Waals surface area (Å²) in [6.45, 7) is 14.6. The van der Waals surface area contributed by atoms with Crippen LogP contribution in [0.1, 0.15) is 54.4 Å². The molecule has 1 nitrogen and oxygen atoms in total. The summed E-state index contributed by atoms with van der Waals surface area (Å²) in [5.41, 5.74) is 1.23. The van der Waals surface area contributed by atoms with Crippen molar-refractivity contribution in [2.24, 2.45) is 5.41 Å². The molecule has 0 amide bonds. The Labute approximate surface area is 103 Å². The lowest BCUT2D eigenvalue weighted by Crippen LogP contribution is -2.65. The summed E-state index contributed by atoms with van der Waals surface area (Å²) in [5.74, 6) is 0. The molecule has 0 saturated carbocycles. The number of fused-ring (bicyclic) bond motifs is 2. The highest BCUT2D eigenvalue weighted by molar-refractivity contribution is 7.38. The van der Waals surface area contributed by atoms with E-state index in [1.165, 1.54) is 33.7 Å². The van der Waals surface area contributed by atoms with E-state index in [9.17, 15) is 0 Å². The summed E-state index contributed by atoms with van der Waals surface area (Å²) in [5, 5.41) is 0. The first-order valence-corrected chi connectivity index (χ1v) is 8.10. The van der Waals surface area contributed by atoms with Gasteiger partial charge in [-0.2, -0.15) is 0 Å². The van der Waals surface area contributed by atoms with Crippen molar-refractivity contribution in [3.05, 3.63) is 0 Å². The van der Waals surface area contributed by atoms with Gasteiger partial charge in [0.2, 0.25) is 0 Å². The summed E-state index contributed by atoms with van der Waals surface area (Å²) >= 11 is 0. The number of hydrogen-bond acceptors (Lipinski definition) is 1. The Bertz CT molecular complexity index is 269. The van der Waals surface area contributed by atoms with E-state index in [-0.39, 0.29) is 0 Å². The maximum Gasteiger partial charge on any atom is 0.0303 e. The summed E-state index contributed by atoms with van der Waals surface area (Å²) < 4.78 is 0. The van der Waals surface area contributed by atoms with Crippen molar-refractivity contribution >= 4 is 8.58 Å². The van der Waals surface area contributed by atoms with Crippen LogP contribution < -0.4 is 0 Å². The molecular formula is C14H28NP. The molecule has 0 aromatic heterocycles. The van der Waals surface area contributed by atoms with Gasteiger partial charge in [0.1, 0.15) is 0 Å². The largest absolute Gasteiger partial charge is 0.289 e. The van der Waals surface area contributed by atoms with Crippen molar-refractivity contribution in [1.82, 2.24) is 4.90 Å². The fourth-order valence-electron chi connectivity index (χ4n) is 4.01. The third kappa shape index (κ3) is 1.75. The lowest BCUT2D eigenvalue weighted by atomic mass is 9.71.